The molecule has 2 aromatic rings. The largest absolute Gasteiger partial charge is 0.449 e. The molecule has 0 unspecified atom stereocenters. The van der Waals surface area contributed by atoms with Crippen LogP contribution in [0.3, 0.4) is 0 Å². The first kappa shape index (κ1) is 12.7. The van der Waals surface area contributed by atoms with Gasteiger partial charge in [0.1, 0.15) is 5.82 Å². The molecule has 3 nitrogen and oxygen atoms in total. The number of hydrogen-bond acceptors (Lipinski definition) is 2. The first-order chi connectivity index (χ1) is 9.65. The second kappa shape index (κ2) is 4.98. The van der Waals surface area contributed by atoms with Crippen molar-refractivity contribution in [2.75, 3.05) is 5.32 Å². The van der Waals surface area contributed by atoms with E-state index in [9.17, 15) is 9.18 Å². The first-order valence-corrected chi connectivity index (χ1v) is 6.27. The van der Waals surface area contributed by atoms with E-state index in [1.165, 1.54) is 18.2 Å². The second-order valence-electron chi connectivity index (χ2n) is 4.20. The van der Waals surface area contributed by atoms with E-state index in [0.29, 0.717) is 11.4 Å². The Bertz CT molecular complexity index is 707. The fraction of sp³-hybridized carbons (Fsp3) is 0. The van der Waals surface area contributed by atoms with Gasteiger partial charge in [-0.05, 0) is 30.3 Å². The summed E-state index contributed by atoms with van der Waals surface area (Å²) in [5.74, 6) is -0.454. The molecule has 100 valence electrons. The SMILES string of the molecule is O=C1Nc2ccccc2O/C1=C\c1c(F)cccc1Cl. The smallest absolute Gasteiger partial charge is 0.291 e. The molecule has 5 heteroatoms. The monoisotopic (exact) mass is 289 g/mol. The van der Waals surface area contributed by atoms with Crippen LogP contribution < -0.4 is 10.1 Å². The van der Waals surface area contributed by atoms with Gasteiger partial charge in [0.25, 0.3) is 5.91 Å². The number of carbonyl (C=O) groups is 1. The third-order valence-corrected chi connectivity index (χ3v) is 3.18. The van der Waals surface area contributed by atoms with Crippen molar-refractivity contribution in [3.63, 3.8) is 0 Å². The van der Waals surface area contributed by atoms with Crippen LogP contribution in [0, 0.1) is 5.82 Å². The average Bonchev–Trinajstić information content (AvgIpc) is 2.43. The molecule has 1 heterocycles. The van der Waals surface area contributed by atoms with Crippen molar-refractivity contribution in [3.8, 4) is 5.75 Å². The lowest BCUT2D eigenvalue weighted by atomic mass is 10.1. The van der Waals surface area contributed by atoms with Crippen LogP contribution in [0.4, 0.5) is 10.1 Å². The van der Waals surface area contributed by atoms with Crippen LogP contribution in [0.1, 0.15) is 5.56 Å². The van der Waals surface area contributed by atoms with Gasteiger partial charge in [0, 0.05) is 5.56 Å². The molecule has 0 spiro atoms. The molecule has 0 aliphatic carbocycles. The lowest BCUT2D eigenvalue weighted by Gasteiger charge is -2.19. The van der Waals surface area contributed by atoms with Crippen molar-refractivity contribution in [2.24, 2.45) is 0 Å². The molecule has 0 atom stereocenters. The molecule has 0 saturated carbocycles. The summed E-state index contributed by atoms with van der Waals surface area (Å²) >= 11 is 5.92. The maximum absolute atomic E-state index is 13.7. The van der Waals surface area contributed by atoms with Gasteiger partial charge in [-0.3, -0.25) is 4.79 Å². The normalized spacial score (nSPS) is 15.5. The number of fused-ring (bicyclic) bond motifs is 1. The number of nitrogens with one attached hydrogen (secondary N) is 1. The summed E-state index contributed by atoms with van der Waals surface area (Å²) in [5, 5.41) is 2.89. The fourth-order valence-electron chi connectivity index (χ4n) is 1.88. The zero-order chi connectivity index (χ0) is 14.1. The summed E-state index contributed by atoms with van der Waals surface area (Å²) in [7, 11) is 0. The van der Waals surface area contributed by atoms with Crippen LogP contribution in [-0.2, 0) is 4.79 Å². The van der Waals surface area contributed by atoms with Gasteiger partial charge in [-0.25, -0.2) is 4.39 Å². The average molecular weight is 290 g/mol. The van der Waals surface area contributed by atoms with E-state index in [1.54, 1.807) is 30.3 Å². The maximum atomic E-state index is 13.7. The Hall–Kier alpha value is -2.33. The molecular weight excluding hydrogens is 281 g/mol. The Morgan fingerprint density at radius 1 is 1.15 bits per heavy atom. The van der Waals surface area contributed by atoms with E-state index in [0.717, 1.165) is 0 Å². The van der Waals surface area contributed by atoms with Gasteiger partial charge in [0.2, 0.25) is 0 Å². The van der Waals surface area contributed by atoms with Crippen molar-refractivity contribution in [1.29, 1.82) is 0 Å². The molecule has 1 amide bonds. The topological polar surface area (TPSA) is 38.3 Å². The first-order valence-electron chi connectivity index (χ1n) is 5.89. The lowest BCUT2D eigenvalue weighted by Crippen LogP contribution is -2.23. The van der Waals surface area contributed by atoms with Gasteiger partial charge in [-0.1, -0.05) is 29.8 Å². The third-order valence-electron chi connectivity index (χ3n) is 2.85. The number of carbonyl (C=O) groups excluding carboxylic acids is 1. The zero-order valence-electron chi connectivity index (χ0n) is 10.2. The Kier molecular flexibility index (Phi) is 3.16. The molecule has 1 N–H and O–H groups in total. The Balaban J connectivity index is 2.03. The highest BCUT2D eigenvalue weighted by atomic mass is 35.5. The maximum Gasteiger partial charge on any atom is 0.291 e. The molecule has 3 rings (SSSR count). The number of rotatable bonds is 1. The van der Waals surface area contributed by atoms with Gasteiger partial charge < -0.3 is 10.1 Å². The van der Waals surface area contributed by atoms with Gasteiger partial charge in [0.05, 0.1) is 10.7 Å². The van der Waals surface area contributed by atoms with E-state index in [-0.39, 0.29) is 16.3 Å². The van der Waals surface area contributed by atoms with Crippen LogP contribution in [0.5, 0.6) is 5.75 Å². The fourth-order valence-corrected chi connectivity index (χ4v) is 2.10. The summed E-state index contributed by atoms with van der Waals surface area (Å²) in [4.78, 5) is 11.9. The van der Waals surface area contributed by atoms with Crippen LogP contribution in [0.2, 0.25) is 5.02 Å². The predicted octanol–water partition coefficient (Wildman–Crippen LogP) is 3.85. The van der Waals surface area contributed by atoms with E-state index in [4.69, 9.17) is 16.3 Å². The number of para-hydroxylation sites is 2. The van der Waals surface area contributed by atoms with Crippen LogP contribution in [0.15, 0.2) is 48.2 Å². The summed E-state index contributed by atoms with van der Waals surface area (Å²) in [6.45, 7) is 0. The molecular formula is C15H9ClFNO2. The number of amides is 1. The number of ether oxygens (including phenoxy) is 1. The Morgan fingerprint density at radius 2 is 1.95 bits per heavy atom. The Labute approximate surface area is 119 Å². The molecule has 0 saturated heterocycles. The van der Waals surface area contributed by atoms with Gasteiger partial charge in [-0.15, -0.1) is 0 Å². The minimum atomic E-state index is -0.514. The number of halogens is 2. The zero-order valence-corrected chi connectivity index (χ0v) is 10.9. The molecule has 0 fully saturated rings. The standard InChI is InChI=1S/C15H9ClFNO2/c16-10-4-3-5-11(17)9(10)8-14-15(19)18-12-6-1-2-7-13(12)20-14/h1-8H,(H,18,19)/b14-8-. The number of hydrogen-bond donors (Lipinski definition) is 1. The molecule has 20 heavy (non-hydrogen) atoms. The van der Waals surface area contributed by atoms with Crippen molar-refractivity contribution in [1.82, 2.24) is 0 Å². The van der Waals surface area contributed by atoms with Gasteiger partial charge in [-0.2, -0.15) is 0 Å². The quantitative estimate of drug-likeness (QED) is 0.810. The highest BCUT2D eigenvalue weighted by Gasteiger charge is 2.22. The van der Waals surface area contributed by atoms with Gasteiger partial charge >= 0.3 is 0 Å². The van der Waals surface area contributed by atoms with E-state index >= 15 is 0 Å². The van der Waals surface area contributed by atoms with Crippen molar-refractivity contribution in [2.45, 2.75) is 0 Å². The van der Waals surface area contributed by atoms with E-state index in [2.05, 4.69) is 5.32 Å². The summed E-state index contributed by atoms with van der Waals surface area (Å²) < 4.78 is 19.2. The van der Waals surface area contributed by atoms with Crippen molar-refractivity contribution >= 4 is 29.3 Å². The summed E-state index contributed by atoms with van der Waals surface area (Å²) in [6.07, 6.45) is 1.29. The molecule has 2 aromatic carbocycles. The third kappa shape index (κ3) is 2.26. The van der Waals surface area contributed by atoms with Crippen molar-refractivity contribution in [3.05, 3.63) is 64.6 Å². The molecule has 1 aliphatic rings. The Morgan fingerprint density at radius 3 is 2.75 bits per heavy atom. The minimum absolute atomic E-state index is 0.00398. The molecule has 0 bridgehead atoms. The number of anilines is 1. The highest BCUT2D eigenvalue weighted by Crippen LogP contribution is 2.31. The van der Waals surface area contributed by atoms with Crippen LogP contribution in [-0.4, -0.2) is 5.91 Å². The molecule has 0 aromatic heterocycles. The lowest BCUT2D eigenvalue weighted by molar-refractivity contribution is -0.115. The number of benzene rings is 2. The minimum Gasteiger partial charge on any atom is -0.449 e. The summed E-state index contributed by atoms with van der Waals surface area (Å²) in [6, 6.07) is 11.3. The molecule has 0 radical (unpaired) electrons. The highest BCUT2D eigenvalue weighted by molar-refractivity contribution is 6.32. The van der Waals surface area contributed by atoms with E-state index in [1.807, 2.05) is 0 Å². The second-order valence-corrected chi connectivity index (χ2v) is 4.60. The van der Waals surface area contributed by atoms with Crippen LogP contribution >= 0.6 is 11.6 Å². The van der Waals surface area contributed by atoms with Crippen LogP contribution in [0.25, 0.3) is 6.08 Å². The van der Waals surface area contributed by atoms with Gasteiger partial charge in [0.15, 0.2) is 11.5 Å². The summed E-state index contributed by atoms with van der Waals surface area (Å²) in [5.41, 5.74) is 0.702. The van der Waals surface area contributed by atoms with Crippen molar-refractivity contribution < 1.29 is 13.9 Å². The predicted molar refractivity (Wildman–Crippen MR) is 75.1 cm³/mol. The van der Waals surface area contributed by atoms with E-state index < -0.39 is 11.7 Å². The molecule has 1 aliphatic heterocycles.